The van der Waals surface area contributed by atoms with E-state index in [0.29, 0.717) is 24.4 Å². The lowest BCUT2D eigenvalue weighted by Crippen LogP contribution is -2.40. The van der Waals surface area contributed by atoms with E-state index in [1.807, 2.05) is 12.1 Å². The van der Waals surface area contributed by atoms with Gasteiger partial charge in [0.05, 0.1) is 18.3 Å². The number of methoxy groups -OCH3 is 1. The predicted octanol–water partition coefficient (Wildman–Crippen LogP) is 2.77. The van der Waals surface area contributed by atoms with Gasteiger partial charge in [-0.05, 0) is 36.6 Å². The smallest absolute Gasteiger partial charge is 0.271 e. The number of nitro benzene ring substituents is 1. The number of sulfonamides is 1. The maximum atomic E-state index is 12.3. The molecule has 9 nitrogen and oxygen atoms in total. The first-order valence-electron chi connectivity index (χ1n) is 8.93. The van der Waals surface area contributed by atoms with Gasteiger partial charge in [-0.25, -0.2) is 8.42 Å². The van der Waals surface area contributed by atoms with E-state index < -0.39 is 27.4 Å². The number of nitrogens with zero attached hydrogens (tertiary/aromatic N) is 2. The second-order valence-electron chi connectivity index (χ2n) is 6.46. The van der Waals surface area contributed by atoms with Crippen molar-refractivity contribution in [3.63, 3.8) is 0 Å². The van der Waals surface area contributed by atoms with Gasteiger partial charge in [0, 0.05) is 23.7 Å². The summed E-state index contributed by atoms with van der Waals surface area (Å²) in [6.45, 7) is -0.192. The Morgan fingerprint density at radius 2 is 1.90 bits per heavy atom. The molecule has 2 rings (SSSR count). The van der Waals surface area contributed by atoms with E-state index in [1.54, 1.807) is 12.1 Å². The molecule has 0 aliphatic rings. The molecule has 0 atom stereocenters. The first-order valence-corrected chi connectivity index (χ1v) is 11.2. The Balaban J connectivity index is 2.06. The molecule has 0 unspecified atom stereocenters. The predicted molar refractivity (Wildman–Crippen MR) is 115 cm³/mol. The van der Waals surface area contributed by atoms with Crippen LogP contribution in [-0.4, -0.2) is 45.7 Å². The van der Waals surface area contributed by atoms with Gasteiger partial charge < -0.3 is 10.1 Å². The number of benzene rings is 2. The van der Waals surface area contributed by atoms with Gasteiger partial charge in [0.15, 0.2) is 0 Å². The van der Waals surface area contributed by atoms with Crippen molar-refractivity contribution in [2.24, 2.45) is 0 Å². The van der Waals surface area contributed by atoms with Crippen molar-refractivity contribution in [3.05, 3.63) is 63.2 Å². The average Bonchev–Trinajstić information content (AvgIpc) is 2.69. The van der Waals surface area contributed by atoms with Gasteiger partial charge in [0.25, 0.3) is 5.69 Å². The number of carbonyl (C=O) groups is 1. The van der Waals surface area contributed by atoms with Crippen LogP contribution >= 0.6 is 11.6 Å². The number of halogens is 1. The van der Waals surface area contributed by atoms with Crippen molar-refractivity contribution in [3.8, 4) is 5.75 Å². The fourth-order valence-corrected chi connectivity index (χ4v) is 3.70. The van der Waals surface area contributed by atoms with Crippen LogP contribution in [0.5, 0.6) is 5.75 Å². The van der Waals surface area contributed by atoms with Gasteiger partial charge >= 0.3 is 0 Å². The Bertz CT molecular complexity index is 1010. The molecular formula is C19H22ClN3O6S. The first-order chi connectivity index (χ1) is 14.1. The Morgan fingerprint density at radius 3 is 2.47 bits per heavy atom. The maximum Gasteiger partial charge on any atom is 0.271 e. The summed E-state index contributed by atoms with van der Waals surface area (Å²) >= 11 is 5.84. The molecule has 0 aromatic heterocycles. The molecule has 0 bridgehead atoms. The monoisotopic (exact) mass is 455 g/mol. The highest BCUT2D eigenvalue weighted by Crippen LogP contribution is 2.33. The van der Waals surface area contributed by atoms with E-state index >= 15 is 0 Å². The molecule has 1 N–H and O–H groups in total. The topological polar surface area (TPSA) is 119 Å². The van der Waals surface area contributed by atoms with E-state index in [1.165, 1.54) is 19.2 Å². The van der Waals surface area contributed by atoms with Gasteiger partial charge in [0.1, 0.15) is 18.0 Å². The van der Waals surface area contributed by atoms with E-state index in [0.717, 1.165) is 22.2 Å². The summed E-state index contributed by atoms with van der Waals surface area (Å²) in [5.41, 5.74) is 0.668. The highest BCUT2D eigenvalue weighted by Gasteiger charge is 2.26. The van der Waals surface area contributed by atoms with Gasteiger partial charge in [-0.15, -0.1) is 0 Å². The van der Waals surface area contributed by atoms with Crippen LogP contribution in [0, 0.1) is 10.1 Å². The van der Waals surface area contributed by atoms with Crippen molar-refractivity contribution in [2.45, 2.75) is 12.8 Å². The fraction of sp³-hybridized carbons (Fsp3) is 0.316. The van der Waals surface area contributed by atoms with Crippen LogP contribution in [0.15, 0.2) is 42.5 Å². The Morgan fingerprint density at radius 1 is 1.23 bits per heavy atom. The molecule has 0 aliphatic carbocycles. The summed E-state index contributed by atoms with van der Waals surface area (Å²) in [6, 6.07) is 10.9. The Kier molecular flexibility index (Phi) is 8.01. The second-order valence-corrected chi connectivity index (χ2v) is 8.81. The summed E-state index contributed by atoms with van der Waals surface area (Å²) in [6.07, 6.45) is 2.28. The Labute approximate surface area is 179 Å². The lowest BCUT2D eigenvalue weighted by Gasteiger charge is -2.23. The lowest BCUT2D eigenvalue weighted by atomic mass is 10.1. The van der Waals surface area contributed by atoms with Crippen LogP contribution in [0.25, 0.3) is 0 Å². The molecule has 2 aromatic rings. The minimum Gasteiger partial charge on any atom is -0.495 e. The SMILES string of the molecule is COc1ccc([N+](=O)[O-])cc1N(CC(=O)NCCCc1ccc(Cl)cc1)S(C)(=O)=O. The Hall–Kier alpha value is -2.85. The first kappa shape index (κ1) is 23.4. The number of aryl methyl sites for hydroxylation is 1. The number of hydrogen-bond acceptors (Lipinski definition) is 6. The second kappa shape index (κ2) is 10.3. The summed E-state index contributed by atoms with van der Waals surface area (Å²) < 4.78 is 30.4. The van der Waals surface area contributed by atoms with E-state index in [-0.39, 0.29) is 17.1 Å². The molecule has 30 heavy (non-hydrogen) atoms. The quantitative estimate of drug-likeness (QED) is 0.334. The van der Waals surface area contributed by atoms with Gasteiger partial charge in [-0.3, -0.25) is 19.2 Å². The van der Waals surface area contributed by atoms with Crippen molar-refractivity contribution >= 4 is 38.9 Å². The van der Waals surface area contributed by atoms with Gasteiger partial charge in [-0.2, -0.15) is 0 Å². The van der Waals surface area contributed by atoms with Crippen molar-refractivity contribution in [2.75, 3.05) is 30.8 Å². The number of non-ortho nitro benzene ring substituents is 1. The number of anilines is 1. The van der Waals surface area contributed by atoms with Crippen LogP contribution in [0.3, 0.4) is 0 Å². The summed E-state index contributed by atoms with van der Waals surface area (Å²) in [4.78, 5) is 22.8. The third-order valence-corrected chi connectivity index (χ3v) is 5.59. The van der Waals surface area contributed by atoms with Crippen molar-refractivity contribution < 1.29 is 22.9 Å². The molecule has 162 valence electrons. The van der Waals surface area contributed by atoms with E-state index in [2.05, 4.69) is 5.32 Å². The number of rotatable bonds is 10. The lowest BCUT2D eigenvalue weighted by molar-refractivity contribution is -0.384. The molecule has 0 saturated carbocycles. The number of carbonyl (C=O) groups excluding carboxylic acids is 1. The van der Waals surface area contributed by atoms with Gasteiger partial charge in [0.2, 0.25) is 15.9 Å². The number of nitrogens with one attached hydrogen (secondary N) is 1. The molecule has 2 aromatic carbocycles. The third-order valence-electron chi connectivity index (χ3n) is 4.21. The maximum absolute atomic E-state index is 12.3. The molecule has 0 radical (unpaired) electrons. The molecule has 0 saturated heterocycles. The largest absolute Gasteiger partial charge is 0.495 e. The number of nitro groups is 1. The summed E-state index contributed by atoms with van der Waals surface area (Å²) in [5, 5.41) is 14.4. The zero-order valence-electron chi connectivity index (χ0n) is 16.5. The van der Waals surface area contributed by atoms with Crippen LogP contribution in [0.2, 0.25) is 5.02 Å². The summed E-state index contributed by atoms with van der Waals surface area (Å²) in [7, 11) is -2.60. The fourth-order valence-electron chi connectivity index (χ4n) is 2.73. The number of amides is 1. The zero-order valence-corrected chi connectivity index (χ0v) is 18.1. The molecule has 0 heterocycles. The molecular weight excluding hydrogens is 434 g/mol. The molecule has 0 spiro atoms. The van der Waals surface area contributed by atoms with Crippen LogP contribution in [-0.2, 0) is 21.2 Å². The summed E-state index contributed by atoms with van der Waals surface area (Å²) in [5.74, 6) is -0.438. The number of ether oxygens (including phenoxy) is 1. The normalized spacial score (nSPS) is 11.0. The highest BCUT2D eigenvalue weighted by molar-refractivity contribution is 7.92. The minimum absolute atomic E-state index is 0.0782. The van der Waals surface area contributed by atoms with E-state index in [9.17, 15) is 23.3 Å². The third kappa shape index (κ3) is 6.60. The minimum atomic E-state index is -3.91. The highest BCUT2D eigenvalue weighted by atomic mass is 35.5. The van der Waals surface area contributed by atoms with Crippen LogP contribution < -0.4 is 14.4 Å². The molecule has 0 aliphatic heterocycles. The number of hydrogen-bond donors (Lipinski definition) is 1. The van der Waals surface area contributed by atoms with Crippen molar-refractivity contribution in [1.29, 1.82) is 0 Å². The van der Waals surface area contributed by atoms with Crippen LogP contribution in [0.4, 0.5) is 11.4 Å². The average molecular weight is 456 g/mol. The molecule has 0 fully saturated rings. The van der Waals surface area contributed by atoms with Gasteiger partial charge in [-0.1, -0.05) is 23.7 Å². The van der Waals surface area contributed by atoms with Crippen LogP contribution in [0.1, 0.15) is 12.0 Å². The van der Waals surface area contributed by atoms with E-state index in [4.69, 9.17) is 16.3 Å². The molecule has 11 heteroatoms. The zero-order chi connectivity index (χ0) is 22.3. The van der Waals surface area contributed by atoms with Crippen molar-refractivity contribution in [1.82, 2.24) is 5.32 Å². The molecule has 1 amide bonds. The standard InChI is InChI=1S/C19H22ClN3O6S/c1-29-18-10-9-16(23(25)26)12-17(18)22(30(2,27)28)13-19(24)21-11-3-4-14-5-7-15(20)8-6-14/h5-10,12H,3-4,11,13H2,1-2H3,(H,21,24).